The largest absolute Gasteiger partial charge is 0.396 e. The van der Waals surface area contributed by atoms with Gasteiger partial charge in [0, 0.05) is 24.6 Å². The summed E-state index contributed by atoms with van der Waals surface area (Å²) in [6.07, 6.45) is 5.26. The topological polar surface area (TPSA) is 71.2 Å². The Hall–Kier alpha value is -2.35. The fourth-order valence-electron chi connectivity index (χ4n) is 3.58. The van der Waals surface area contributed by atoms with E-state index in [1.807, 2.05) is 0 Å². The summed E-state index contributed by atoms with van der Waals surface area (Å²) < 4.78 is 28.7. The normalized spacial score (nSPS) is 16.0. The van der Waals surface area contributed by atoms with Gasteiger partial charge in [-0.3, -0.25) is 4.79 Å². The number of hydrogen-bond acceptors (Lipinski definition) is 4. The van der Waals surface area contributed by atoms with Gasteiger partial charge in [0.15, 0.2) is 5.69 Å². The van der Waals surface area contributed by atoms with Crippen molar-refractivity contribution in [2.24, 2.45) is 5.41 Å². The molecule has 0 aliphatic heterocycles. The van der Waals surface area contributed by atoms with Crippen molar-refractivity contribution < 1.29 is 18.7 Å². The average molecular weight is 364 g/mol. The lowest BCUT2D eigenvalue weighted by Crippen LogP contribution is -2.39. The van der Waals surface area contributed by atoms with Gasteiger partial charge in [-0.05, 0) is 25.0 Å². The molecule has 1 saturated carbocycles. The highest BCUT2D eigenvalue weighted by Crippen LogP contribution is 2.38. The molecule has 8 heteroatoms. The second-order valence-corrected chi connectivity index (χ2v) is 7.03. The number of benzene rings is 1. The minimum absolute atomic E-state index is 0.0455. The number of hydrogen-bond donors (Lipinski definition) is 1. The Morgan fingerprint density at radius 1 is 1.31 bits per heavy atom. The molecule has 2 aromatic rings. The van der Waals surface area contributed by atoms with Gasteiger partial charge in [0.05, 0.1) is 19.3 Å². The Bertz CT molecular complexity index is 767. The maximum absolute atomic E-state index is 13.7. The van der Waals surface area contributed by atoms with E-state index < -0.39 is 11.6 Å². The predicted octanol–water partition coefficient (Wildman–Crippen LogP) is 2.23. The van der Waals surface area contributed by atoms with Crippen LogP contribution < -0.4 is 0 Å². The molecule has 1 aromatic carbocycles. The highest BCUT2D eigenvalue weighted by atomic mass is 19.1. The first-order valence-electron chi connectivity index (χ1n) is 8.63. The summed E-state index contributed by atoms with van der Waals surface area (Å²) in [6, 6.07) is 3.63. The zero-order chi connectivity index (χ0) is 18.7. The zero-order valence-corrected chi connectivity index (χ0v) is 14.7. The lowest BCUT2D eigenvalue weighted by Gasteiger charge is -2.31. The Balaban J connectivity index is 1.69. The summed E-state index contributed by atoms with van der Waals surface area (Å²) in [4.78, 5) is 14.1. The number of aliphatic hydroxyl groups excluding tert-OH is 1. The second-order valence-electron chi connectivity index (χ2n) is 7.03. The first-order chi connectivity index (χ1) is 12.4. The van der Waals surface area contributed by atoms with Crippen LogP contribution in [0.1, 0.15) is 41.7 Å². The summed E-state index contributed by atoms with van der Waals surface area (Å²) in [7, 11) is 1.66. The molecule has 1 amide bonds. The monoisotopic (exact) mass is 364 g/mol. The number of amides is 1. The van der Waals surface area contributed by atoms with Crippen LogP contribution in [-0.4, -0.2) is 51.1 Å². The van der Waals surface area contributed by atoms with Crippen molar-refractivity contribution in [1.82, 2.24) is 19.9 Å². The van der Waals surface area contributed by atoms with E-state index in [4.69, 9.17) is 0 Å². The molecule has 26 heavy (non-hydrogen) atoms. The number of carbonyl (C=O) groups excluding carboxylic acids is 1. The molecular weight excluding hydrogens is 342 g/mol. The third-order valence-electron chi connectivity index (χ3n) is 5.06. The van der Waals surface area contributed by atoms with Crippen LogP contribution in [0.4, 0.5) is 8.78 Å². The van der Waals surface area contributed by atoms with E-state index in [9.17, 15) is 18.7 Å². The van der Waals surface area contributed by atoms with Crippen LogP contribution in [0.3, 0.4) is 0 Å². The molecule has 1 aliphatic rings. The number of aliphatic hydroxyl groups is 1. The molecule has 1 heterocycles. The van der Waals surface area contributed by atoms with Crippen LogP contribution in [0.5, 0.6) is 0 Å². The fourth-order valence-corrected chi connectivity index (χ4v) is 3.58. The summed E-state index contributed by atoms with van der Waals surface area (Å²) >= 11 is 0. The van der Waals surface area contributed by atoms with Gasteiger partial charge in [-0.2, -0.15) is 0 Å². The third kappa shape index (κ3) is 3.75. The summed E-state index contributed by atoms with van der Waals surface area (Å²) in [5, 5.41) is 17.3. The van der Waals surface area contributed by atoms with Gasteiger partial charge < -0.3 is 10.0 Å². The highest BCUT2D eigenvalue weighted by Gasteiger charge is 2.35. The van der Waals surface area contributed by atoms with E-state index in [0.717, 1.165) is 25.7 Å². The molecule has 1 fully saturated rings. The Kier molecular flexibility index (Phi) is 5.31. The number of rotatable bonds is 6. The minimum Gasteiger partial charge on any atom is -0.396 e. The van der Waals surface area contributed by atoms with Crippen LogP contribution >= 0.6 is 0 Å². The van der Waals surface area contributed by atoms with Crippen molar-refractivity contribution in [2.75, 3.05) is 20.2 Å². The maximum Gasteiger partial charge on any atom is 0.275 e. The van der Waals surface area contributed by atoms with Crippen LogP contribution in [0.15, 0.2) is 24.4 Å². The van der Waals surface area contributed by atoms with Crippen molar-refractivity contribution in [3.05, 3.63) is 47.3 Å². The summed E-state index contributed by atoms with van der Waals surface area (Å²) in [5.41, 5.74) is -0.276. The lowest BCUT2D eigenvalue weighted by atomic mass is 9.86. The van der Waals surface area contributed by atoms with Crippen LogP contribution in [-0.2, 0) is 6.54 Å². The summed E-state index contributed by atoms with van der Waals surface area (Å²) in [5.74, 6) is -1.67. The first-order valence-corrected chi connectivity index (χ1v) is 8.63. The molecule has 1 N–H and O–H groups in total. The molecule has 0 radical (unpaired) electrons. The third-order valence-corrected chi connectivity index (χ3v) is 5.06. The first kappa shape index (κ1) is 18.4. The van der Waals surface area contributed by atoms with Crippen molar-refractivity contribution >= 4 is 5.91 Å². The van der Waals surface area contributed by atoms with Gasteiger partial charge in [0.1, 0.15) is 11.6 Å². The number of nitrogens with zero attached hydrogens (tertiary/aromatic N) is 4. The molecule has 3 rings (SSSR count). The maximum atomic E-state index is 13.7. The molecule has 0 saturated heterocycles. The SMILES string of the molecule is CN(CC1(CO)CCCC1)C(=O)c1cn(Cc2c(F)cccc2F)nn1. The van der Waals surface area contributed by atoms with E-state index in [1.165, 1.54) is 34.0 Å². The number of halogens is 2. The van der Waals surface area contributed by atoms with E-state index in [2.05, 4.69) is 10.3 Å². The van der Waals surface area contributed by atoms with Gasteiger partial charge in [0.2, 0.25) is 0 Å². The van der Waals surface area contributed by atoms with Gasteiger partial charge in [-0.25, -0.2) is 13.5 Å². The Morgan fingerprint density at radius 3 is 2.58 bits per heavy atom. The Labute approximate surface area is 150 Å². The lowest BCUT2D eigenvalue weighted by molar-refractivity contribution is 0.0590. The molecule has 0 spiro atoms. The smallest absolute Gasteiger partial charge is 0.275 e. The van der Waals surface area contributed by atoms with E-state index in [-0.39, 0.29) is 35.7 Å². The van der Waals surface area contributed by atoms with E-state index in [1.54, 1.807) is 7.05 Å². The van der Waals surface area contributed by atoms with Gasteiger partial charge >= 0.3 is 0 Å². The van der Waals surface area contributed by atoms with Crippen LogP contribution in [0.25, 0.3) is 0 Å². The number of carbonyl (C=O) groups is 1. The molecule has 1 aliphatic carbocycles. The van der Waals surface area contributed by atoms with Crippen LogP contribution in [0, 0.1) is 17.0 Å². The van der Waals surface area contributed by atoms with E-state index >= 15 is 0 Å². The fraction of sp³-hybridized carbons (Fsp3) is 0.500. The highest BCUT2D eigenvalue weighted by molar-refractivity contribution is 5.91. The standard InChI is InChI=1S/C18H22F2N4O2/c1-23(11-18(12-25)7-2-3-8-18)17(26)16-10-24(22-21-16)9-13-14(19)5-4-6-15(13)20/h4-6,10,25H,2-3,7-9,11-12H2,1H3. The van der Waals surface area contributed by atoms with Crippen molar-refractivity contribution in [1.29, 1.82) is 0 Å². The van der Waals surface area contributed by atoms with Gasteiger partial charge in [-0.1, -0.05) is 24.1 Å². The minimum atomic E-state index is -0.670. The molecule has 140 valence electrons. The van der Waals surface area contributed by atoms with Crippen molar-refractivity contribution in [3.8, 4) is 0 Å². The molecule has 0 unspecified atom stereocenters. The second kappa shape index (κ2) is 7.49. The molecule has 0 atom stereocenters. The van der Waals surface area contributed by atoms with E-state index in [0.29, 0.717) is 6.54 Å². The van der Waals surface area contributed by atoms with Crippen molar-refractivity contribution in [2.45, 2.75) is 32.2 Å². The van der Waals surface area contributed by atoms with Gasteiger partial charge in [0.25, 0.3) is 5.91 Å². The quantitative estimate of drug-likeness (QED) is 0.853. The van der Waals surface area contributed by atoms with Crippen molar-refractivity contribution in [3.63, 3.8) is 0 Å². The summed E-state index contributed by atoms with van der Waals surface area (Å²) in [6.45, 7) is 0.337. The molecule has 6 nitrogen and oxygen atoms in total. The molecule has 0 bridgehead atoms. The number of aromatic nitrogens is 3. The average Bonchev–Trinajstić information content (AvgIpc) is 3.27. The van der Waals surface area contributed by atoms with Crippen LogP contribution in [0.2, 0.25) is 0 Å². The van der Waals surface area contributed by atoms with Gasteiger partial charge in [-0.15, -0.1) is 5.10 Å². The molecular formula is C18H22F2N4O2. The molecule has 1 aromatic heterocycles. The zero-order valence-electron chi connectivity index (χ0n) is 14.7. The predicted molar refractivity (Wildman–Crippen MR) is 90.4 cm³/mol. The Morgan fingerprint density at radius 2 is 1.96 bits per heavy atom.